The SMILES string of the molecule is OC1CC(Oc2cccc3cccnc23)C12CCCC2. The van der Waals surface area contributed by atoms with Gasteiger partial charge in [-0.05, 0) is 25.0 Å². The molecule has 3 nitrogen and oxygen atoms in total. The molecule has 1 spiro atoms. The lowest BCUT2D eigenvalue weighted by Gasteiger charge is -2.51. The van der Waals surface area contributed by atoms with Gasteiger partial charge in [0.25, 0.3) is 0 Å². The van der Waals surface area contributed by atoms with Gasteiger partial charge in [-0.1, -0.05) is 31.0 Å². The lowest BCUT2D eigenvalue weighted by atomic mass is 9.62. The zero-order valence-corrected chi connectivity index (χ0v) is 11.5. The van der Waals surface area contributed by atoms with E-state index < -0.39 is 0 Å². The fraction of sp³-hybridized carbons (Fsp3) is 0.471. The quantitative estimate of drug-likeness (QED) is 0.909. The summed E-state index contributed by atoms with van der Waals surface area (Å²) < 4.78 is 6.25. The Morgan fingerprint density at radius 1 is 1.15 bits per heavy atom. The lowest BCUT2D eigenvalue weighted by Crippen LogP contribution is -2.58. The van der Waals surface area contributed by atoms with Gasteiger partial charge in [0.2, 0.25) is 0 Å². The number of para-hydroxylation sites is 1. The molecular weight excluding hydrogens is 250 g/mol. The molecule has 1 N–H and O–H groups in total. The molecule has 1 aromatic carbocycles. The minimum atomic E-state index is -0.182. The molecule has 104 valence electrons. The van der Waals surface area contributed by atoms with Gasteiger partial charge >= 0.3 is 0 Å². The van der Waals surface area contributed by atoms with Crippen LogP contribution in [-0.4, -0.2) is 22.3 Å². The minimum absolute atomic E-state index is 0.0109. The van der Waals surface area contributed by atoms with Crippen molar-refractivity contribution in [3.05, 3.63) is 36.5 Å². The highest BCUT2D eigenvalue weighted by atomic mass is 16.5. The minimum Gasteiger partial charge on any atom is -0.487 e. The molecule has 0 radical (unpaired) electrons. The normalized spacial score (nSPS) is 27.6. The van der Waals surface area contributed by atoms with Crippen molar-refractivity contribution in [1.82, 2.24) is 4.98 Å². The predicted octanol–water partition coefficient (Wildman–Crippen LogP) is 3.31. The maximum atomic E-state index is 10.2. The Morgan fingerprint density at radius 2 is 1.95 bits per heavy atom. The maximum absolute atomic E-state index is 10.2. The third-order valence-electron chi connectivity index (χ3n) is 5.14. The van der Waals surface area contributed by atoms with E-state index >= 15 is 0 Å². The number of aliphatic hydroxyl groups is 1. The Hall–Kier alpha value is -1.61. The number of hydrogen-bond donors (Lipinski definition) is 1. The molecule has 0 saturated heterocycles. The summed E-state index contributed by atoms with van der Waals surface area (Å²) in [5, 5.41) is 11.3. The molecule has 0 aliphatic heterocycles. The van der Waals surface area contributed by atoms with Crippen LogP contribution < -0.4 is 4.74 Å². The van der Waals surface area contributed by atoms with Crippen LogP contribution in [0, 0.1) is 5.41 Å². The molecule has 0 amide bonds. The zero-order chi connectivity index (χ0) is 13.6. The molecule has 4 rings (SSSR count). The first-order chi connectivity index (χ1) is 9.79. The topological polar surface area (TPSA) is 42.4 Å². The van der Waals surface area contributed by atoms with Crippen LogP contribution in [0.15, 0.2) is 36.5 Å². The van der Waals surface area contributed by atoms with Crippen LogP contribution in [0.3, 0.4) is 0 Å². The third kappa shape index (κ3) is 1.66. The van der Waals surface area contributed by atoms with Gasteiger partial charge in [0.1, 0.15) is 17.4 Å². The van der Waals surface area contributed by atoms with Crippen molar-refractivity contribution in [2.45, 2.75) is 44.3 Å². The second kappa shape index (κ2) is 4.45. The summed E-state index contributed by atoms with van der Waals surface area (Å²) >= 11 is 0. The largest absolute Gasteiger partial charge is 0.487 e. The zero-order valence-electron chi connectivity index (χ0n) is 11.5. The molecule has 2 aromatic rings. The fourth-order valence-electron chi connectivity index (χ4n) is 3.90. The van der Waals surface area contributed by atoms with Crippen molar-refractivity contribution >= 4 is 10.9 Å². The van der Waals surface area contributed by atoms with Crippen molar-refractivity contribution in [1.29, 1.82) is 0 Å². The van der Waals surface area contributed by atoms with Crippen LogP contribution in [0.25, 0.3) is 10.9 Å². The van der Waals surface area contributed by atoms with E-state index in [9.17, 15) is 5.11 Å². The van der Waals surface area contributed by atoms with Gasteiger partial charge in [-0.15, -0.1) is 0 Å². The second-order valence-electron chi connectivity index (χ2n) is 6.13. The standard InChI is InChI=1S/C17H19NO2/c19-14-11-15(17(14)8-1-2-9-17)20-13-7-3-5-12-6-4-10-18-16(12)13/h3-7,10,14-15,19H,1-2,8-9,11H2. The summed E-state index contributed by atoms with van der Waals surface area (Å²) in [5.41, 5.74) is 0.932. The number of hydrogen-bond acceptors (Lipinski definition) is 3. The van der Waals surface area contributed by atoms with Crippen LogP contribution in [0.5, 0.6) is 5.75 Å². The molecule has 1 heterocycles. The summed E-state index contributed by atoms with van der Waals surface area (Å²) in [5.74, 6) is 0.853. The Bertz CT molecular complexity index is 628. The van der Waals surface area contributed by atoms with E-state index in [1.807, 2.05) is 18.2 Å². The molecular formula is C17H19NO2. The highest BCUT2D eigenvalue weighted by molar-refractivity contribution is 5.84. The van der Waals surface area contributed by atoms with Crippen molar-refractivity contribution in [3.63, 3.8) is 0 Å². The number of fused-ring (bicyclic) bond motifs is 1. The van der Waals surface area contributed by atoms with Gasteiger partial charge in [0, 0.05) is 23.4 Å². The second-order valence-corrected chi connectivity index (χ2v) is 6.13. The van der Waals surface area contributed by atoms with Crippen molar-refractivity contribution < 1.29 is 9.84 Å². The Morgan fingerprint density at radius 3 is 2.75 bits per heavy atom. The molecule has 2 fully saturated rings. The van der Waals surface area contributed by atoms with Gasteiger partial charge < -0.3 is 9.84 Å². The van der Waals surface area contributed by atoms with E-state index in [0.29, 0.717) is 0 Å². The molecule has 0 bridgehead atoms. The summed E-state index contributed by atoms with van der Waals surface area (Å²) in [4.78, 5) is 4.44. The van der Waals surface area contributed by atoms with Crippen LogP contribution in [0.4, 0.5) is 0 Å². The Labute approximate surface area is 118 Å². The van der Waals surface area contributed by atoms with E-state index in [1.165, 1.54) is 12.8 Å². The van der Waals surface area contributed by atoms with Crippen LogP contribution in [0.2, 0.25) is 0 Å². The van der Waals surface area contributed by atoms with Crippen LogP contribution in [0.1, 0.15) is 32.1 Å². The number of ether oxygens (including phenoxy) is 1. The van der Waals surface area contributed by atoms with Crippen LogP contribution in [-0.2, 0) is 0 Å². The molecule has 2 aliphatic carbocycles. The number of benzene rings is 1. The van der Waals surface area contributed by atoms with Gasteiger partial charge in [-0.2, -0.15) is 0 Å². The first kappa shape index (κ1) is 12.2. The third-order valence-corrected chi connectivity index (χ3v) is 5.14. The predicted molar refractivity (Wildman–Crippen MR) is 77.7 cm³/mol. The smallest absolute Gasteiger partial charge is 0.145 e. The molecule has 2 atom stereocenters. The van der Waals surface area contributed by atoms with Crippen molar-refractivity contribution in [3.8, 4) is 5.75 Å². The summed E-state index contributed by atoms with van der Waals surface area (Å²) in [6.07, 6.45) is 7.13. The number of rotatable bonds is 2. The monoisotopic (exact) mass is 269 g/mol. The summed E-state index contributed by atoms with van der Waals surface area (Å²) in [6.45, 7) is 0. The number of aromatic nitrogens is 1. The van der Waals surface area contributed by atoms with Crippen LogP contribution >= 0.6 is 0 Å². The lowest BCUT2D eigenvalue weighted by molar-refractivity contribution is -0.151. The Balaban J connectivity index is 1.65. The van der Waals surface area contributed by atoms with Gasteiger partial charge in [-0.25, -0.2) is 0 Å². The molecule has 2 aliphatic rings. The number of aliphatic hydroxyl groups excluding tert-OH is 1. The van der Waals surface area contributed by atoms with E-state index in [4.69, 9.17) is 4.74 Å². The molecule has 3 heteroatoms. The summed E-state index contributed by atoms with van der Waals surface area (Å²) in [7, 11) is 0. The van der Waals surface area contributed by atoms with E-state index in [2.05, 4.69) is 17.1 Å². The van der Waals surface area contributed by atoms with Gasteiger partial charge in [0.15, 0.2) is 0 Å². The first-order valence-electron chi connectivity index (χ1n) is 7.48. The number of pyridine rings is 1. The molecule has 1 aromatic heterocycles. The van der Waals surface area contributed by atoms with Crippen molar-refractivity contribution in [2.75, 3.05) is 0 Å². The fourth-order valence-corrected chi connectivity index (χ4v) is 3.90. The highest BCUT2D eigenvalue weighted by Crippen LogP contribution is 2.54. The van der Waals surface area contributed by atoms with Gasteiger partial charge in [0.05, 0.1) is 6.10 Å². The van der Waals surface area contributed by atoms with Crippen molar-refractivity contribution in [2.24, 2.45) is 5.41 Å². The average Bonchev–Trinajstić information content (AvgIpc) is 3.00. The van der Waals surface area contributed by atoms with E-state index in [1.54, 1.807) is 6.20 Å². The first-order valence-corrected chi connectivity index (χ1v) is 7.48. The van der Waals surface area contributed by atoms with Gasteiger partial charge in [-0.3, -0.25) is 4.98 Å². The van der Waals surface area contributed by atoms with E-state index in [-0.39, 0.29) is 17.6 Å². The molecule has 2 unspecified atom stereocenters. The molecule has 20 heavy (non-hydrogen) atoms. The highest BCUT2D eigenvalue weighted by Gasteiger charge is 2.57. The summed E-state index contributed by atoms with van der Waals surface area (Å²) in [6, 6.07) is 10.0. The average molecular weight is 269 g/mol. The molecule has 2 saturated carbocycles. The number of nitrogens with zero attached hydrogens (tertiary/aromatic N) is 1. The maximum Gasteiger partial charge on any atom is 0.145 e. The van der Waals surface area contributed by atoms with E-state index in [0.717, 1.165) is 35.9 Å². The Kier molecular flexibility index (Phi) is 2.71.